The van der Waals surface area contributed by atoms with Gasteiger partial charge >= 0.3 is 6.09 Å². The molecule has 8 nitrogen and oxygen atoms in total. The Balaban J connectivity index is 1.14. The van der Waals surface area contributed by atoms with E-state index in [1.165, 1.54) is 0 Å². The van der Waals surface area contributed by atoms with Gasteiger partial charge in [0.2, 0.25) is 5.95 Å². The van der Waals surface area contributed by atoms with E-state index in [2.05, 4.69) is 27.1 Å². The van der Waals surface area contributed by atoms with Crippen LogP contribution >= 0.6 is 0 Å². The Labute approximate surface area is 198 Å². The molecule has 1 aromatic carbocycles. The second-order valence-electron chi connectivity index (χ2n) is 10.6. The zero-order chi connectivity index (χ0) is 23.6. The molecule has 2 aliphatic carbocycles. The molecule has 2 aromatic rings. The summed E-state index contributed by atoms with van der Waals surface area (Å²) < 4.78 is 20.3. The Hall–Kier alpha value is -2.78. The lowest BCUT2D eigenvalue weighted by Crippen LogP contribution is -2.47. The van der Waals surface area contributed by atoms with E-state index in [1.807, 2.05) is 19.1 Å². The molecule has 6 rings (SSSR count). The van der Waals surface area contributed by atoms with Gasteiger partial charge in [-0.1, -0.05) is 12.1 Å². The number of hydrogen-bond acceptors (Lipinski definition) is 7. The van der Waals surface area contributed by atoms with Crippen LogP contribution < -0.4 is 16.0 Å². The first-order valence-corrected chi connectivity index (χ1v) is 12.2. The van der Waals surface area contributed by atoms with Crippen LogP contribution in [0.15, 0.2) is 30.5 Å². The molecule has 2 saturated carbocycles. The highest BCUT2D eigenvalue weighted by Crippen LogP contribution is 2.47. The first-order chi connectivity index (χ1) is 16.3. The normalized spacial score (nSPS) is 31.4. The highest BCUT2D eigenvalue weighted by Gasteiger charge is 2.54. The summed E-state index contributed by atoms with van der Waals surface area (Å²) >= 11 is 0. The number of cyclic esters (lactones) is 1. The topological polar surface area (TPSA) is 96.6 Å². The van der Waals surface area contributed by atoms with Crippen LogP contribution in [0.2, 0.25) is 0 Å². The highest BCUT2D eigenvalue weighted by molar-refractivity contribution is 5.90. The fourth-order valence-corrected chi connectivity index (χ4v) is 5.72. The van der Waals surface area contributed by atoms with Crippen LogP contribution in [0.1, 0.15) is 43.9 Å². The molecule has 3 N–H and O–H groups in total. The van der Waals surface area contributed by atoms with Gasteiger partial charge in [0.15, 0.2) is 0 Å². The number of benzene rings is 1. The van der Waals surface area contributed by atoms with Gasteiger partial charge in [0, 0.05) is 37.4 Å². The fourth-order valence-electron chi connectivity index (χ4n) is 5.72. The molecule has 4 fully saturated rings. The number of halogens is 1. The minimum absolute atomic E-state index is 0.203. The molecule has 2 saturated heterocycles. The number of piperidine rings is 1. The van der Waals surface area contributed by atoms with Crippen molar-refractivity contribution in [2.45, 2.75) is 50.9 Å². The summed E-state index contributed by atoms with van der Waals surface area (Å²) in [4.78, 5) is 25.3. The van der Waals surface area contributed by atoms with Crippen molar-refractivity contribution >= 4 is 17.9 Å². The zero-order valence-corrected chi connectivity index (χ0v) is 19.6. The van der Waals surface area contributed by atoms with E-state index in [-0.39, 0.29) is 23.5 Å². The molecule has 1 amide bonds. The van der Waals surface area contributed by atoms with Crippen LogP contribution in [-0.2, 0) is 11.3 Å². The van der Waals surface area contributed by atoms with E-state index in [1.54, 1.807) is 23.2 Å². The summed E-state index contributed by atoms with van der Waals surface area (Å²) in [5.74, 6) is 2.31. The Kier molecular flexibility index (Phi) is 5.04. The van der Waals surface area contributed by atoms with E-state index >= 15 is 0 Å². The van der Waals surface area contributed by atoms with E-state index in [0.29, 0.717) is 54.3 Å². The average Bonchev–Trinajstić information content (AvgIpc) is 3.69. The van der Waals surface area contributed by atoms with Crippen LogP contribution in [0.4, 0.5) is 21.0 Å². The summed E-state index contributed by atoms with van der Waals surface area (Å²) in [5.41, 5.74) is 7.14. The molecule has 1 aromatic heterocycles. The molecular weight excluding hydrogens is 435 g/mol. The number of carbonyl (C=O) groups is 1. The van der Waals surface area contributed by atoms with Gasteiger partial charge in [-0.3, -0.25) is 9.80 Å². The first-order valence-electron chi connectivity index (χ1n) is 12.2. The van der Waals surface area contributed by atoms with Crippen molar-refractivity contribution in [3.8, 4) is 0 Å². The summed E-state index contributed by atoms with van der Waals surface area (Å²) in [6.45, 7) is 6.91. The van der Waals surface area contributed by atoms with Crippen LogP contribution in [0.25, 0.3) is 0 Å². The second kappa shape index (κ2) is 7.88. The minimum Gasteiger partial charge on any atom is -0.447 e. The largest absolute Gasteiger partial charge is 0.447 e. The molecule has 0 spiro atoms. The lowest BCUT2D eigenvalue weighted by atomic mass is 9.96. The van der Waals surface area contributed by atoms with Crippen LogP contribution in [0, 0.1) is 23.6 Å². The third-order valence-corrected chi connectivity index (χ3v) is 8.16. The first kappa shape index (κ1) is 21.7. The van der Waals surface area contributed by atoms with E-state index in [9.17, 15) is 9.18 Å². The van der Waals surface area contributed by atoms with Crippen molar-refractivity contribution in [2.75, 3.05) is 29.9 Å². The van der Waals surface area contributed by atoms with Crippen molar-refractivity contribution < 1.29 is 13.9 Å². The molecule has 34 heavy (non-hydrogen) atoms. The third kappa shape index (κ3) is 3.71. The number of carbonyl (C=O) groups excluding carboxylic acids is 1. The molecule has 0 radical (unpaired) electrons. The molecule has 2 unspecified atom stereocenters. The summed E-state index contributed by atoms with van der Waals surface area (Å²) in [7, 11) is 0. The Morgan fingerprint density at radius 2 is 2.06 bits per heavy atom. The Bertz CT molecular complexity index is 1110. The molecule has 2 aliphatic heterocycles. The van der Waals surface area contributed by atoms with Crippen molar-refractivity contribution in [3.63, 3.8) is 0 Å². The summed E-state index contributed by atoms with van der Waals surface area (Å²) in [5, 5.41) is 3.25. The number of hydrogen-bond donors (Lipinski definition) is 2. The average molecular weight is 467 g/mol. The Morgan fingerprint density at radius 3 is 2.76 bits per heavy atom. The summed E-state index contributed by atoms with van der Waals surface area (Å²) in [6.07, 6.45) is 3.43. The lowest BCUT2D eigenvalue weighted by molar-refractivity contribution is 0.172. The quantitative estimate of drug-likeness (QED) is 0.646. The number of amides is 1. The van der Waals surface area contributed by atoms with Crippen LogP contribution in [0.5, 0.6) is 0 Å². The molecular formula is C25H31FN6O2. The van der Waals surface area contributed by atoms with Gasteiger partial charge in [-0.25, -0.2) is 14.2 Å². The van der Waals surface area contributed by atoms with Crippen molar-refractivity contribution in [2.24, 2.45) is 23.5 Å². The predicted molar refractivity (Wildman–Crippen MR) is 126 cm³/mol. The molecule has 4 atom stereocenters. The maximum Gasteiger partial charge on any atom is 0.416 e. The van der Waals surface area contributed by atoms with Gasteiger partial charge in [0.1, 0.15) is 18.2 Å². The van der Waals surface area contributed by atoms with E-state index in [0.717, 1.165) is 31.5 Å². The van der Waals surface area contributed by atoms with Gasteiger partial charge in [0.25, 0.3) is 0 Å². The fraction of sp³-hybridized carbons (Fsp3) is 0.560. The number of ether oxygens (including phenoxy) is 1. The molecule has 9 heteroatoms. The molecule has 180 valence electrons. The van der Waals surface area contributed by atoms with Crippen LogP contribution in [-0.4, -0.2) is 52.2 Å². The number of nitrogens with one attached hydrogen (secondary N) is 1. The number of nitrogens with two attached hydrogens (primary N) is 1. The predicted octanol–water partition coefficient (Wildman–Crippen LogP) is 3.30. The van der Waals surface area contributed by atoms with Crippen molar-refractivity contribution in [1.29, 1.82) is 0 Å². The van der Waals surface area contributed by atoms with Crippen LogP contribution in [0.3, 0.4) is 0 Å². The number of likely N-dealkylation sites (tertiary alicyclic amines) is 1. The lowest BCUT2D eigenvalue weighted by Gasteiger charge is -2.31. The number of rotatable bonds is 7. The minimum atomic E-state index is -0.381. The van der Waals surface area contributed by atoms with Crippen molar-refractivity contribution in [1.82, 2.24) is 14.9 Å². The van der Waals surface area contributed by atoms with E-state index in [4.69, 9.17) is 10.5 Å². The maximum atomic E-state index is 14.9. The number of anilines is 2. The van der Waals surface area contributed by atoms with E-state index < -0.39 is 0 Å². The number of nitrogens with zero attached hydrogens (tertiary/aromatic N) is 4. The molecule has 3 heterocycles. The molecule has 0 bridgehead atoms. The summed E-state index contributed by atoms with van der Waals surface area (Å²) in [6, 6.07) is 7.26. The number of aromatic nitrogens is 2. The third-order valence-electron chi connectivity index (χ3n) is 8.16. The van der Waals surface area contributed by atoms with Crippen molar-refractivity contribution in [3.05, 3.63) is 47.4 Å². The standard InChI is InChI=1S/C25H31FN6O2/c1-14(15-3-4-16(20(26)9-15)10-31-11-18-19(12-31)22(18)27)29-23-28-8-7-21(30-23)32-24(33)34-13-25(32,2)17-5-6-17/h3-4,7-9,14,17-19,22H,5-6,10-13,27H2,1-2H3,(H,28,29,30)/t14-,18?,19?,22?,25+/m0/s1. The monoisotopic (exact) mass is 466 g/mol. The maximum absolute atomic E-state index is 14.9. The number of fused-ring (bicyclic) bond motifs is 1. The van der Waals surface area contributed by atoms with Gasteiger partial charge in [-0.05, 0) is 62.1 Å². The van der Waals surface area contributed by atoms with Gasteiger partial charge in [0.05, 0.1) is 11.6 Å². The Morgan fingerprint density at radius 1 is 1.29 bits per heavy atom. The molecule has 4 aliphatic rings. The SMILES string of the molecule is C[C@H](Nc1nccc(N2C(=O)OC[C@]2(C)C2CC2)n1)c1ccc(CN2CC3C(N)C3C2)c(F)c1. The highest BCUT2D eigenvalue weighted by atomic mass is 19.1. The second-order valence-corrected chi connectivity index (χ2v) is 10.6. The zero-order valence-electron chi connectivity index (χ0n) is 19.6. The van der Waals surface area contributed by atoms with Gasteiger partial charge in [-0.15, -0.1) is 0 Å². The van der Waals surface area contributed by atoms with Gasteiger partial charge in [-0.2, -0.15) is 4.98 Å². The smallest absolute Gasteiger partial charge is 0.416 e. The van der Waals surface area contributed by atoms with Gasteiger partial charge < -0.3 is 15.8 Å².